The normalized spacial score (nSPS) is 16.4. The Morgan fingerprint density at radius 2 is 1.78 bits per heavy atom. The molecule has 6 nitrogen and oxygen atoms in total. The fraction of sp³-hybridized carbons (Fsp3) is 0.417. The Balaban J connectivity index is 1.13. The Kier molecular flexibility index (Phi) is 7.55. The smallest absolute Gasteiger partial charge is 0.170 e. The summed E-state index contributed by atoms with van der Waals surface area (Å²) >= 11 is 5.39. The zero-order chi connectivity index (χ0) is 22.3. The van der Waals surface area contributed by atoms with Crippen molar-refractivity contribution in [1.82, 2.24) is 10.2 Å². The number of hydrogen-bond acceptors (Lipinski definition) is 5. The molecule has 0 aliphatic carbocycles. The van der Waals surface area contributed by atoms with Crippen molar-refractivity contribution in [3.63, 3.8) is 0 Å². The largest absolute Gasteiger partial charge is 0.486 e. The number of carbonyl (C=O) groups excluding carboxylic acids is 1. The summed E-state index contributed by atoms with van der Waals surface area (Å²) in [7, 11) is 0. The molecule has 0 aromatic heterocycles. The van der Waals surface area contributed by atoms with Gasteiger partial charge in [-0.3, -0.25) is 4.79 Å². The standard InChI is InChI=1S/C24H28FN3O3S/c25-19-4-2-17(3-5-19)23(29)18-8-12-28(13-9-18)11-1-10-26-24(32)27-20-6-7-21-22(16-20)31-15-14-30-21/h2-7,16,18H,1,8-15H2,(H2,26,27,32). The highest BCUT2D eigenvalue weighted by Crippen LogP contribution is 2.32. The number of piperidine rings is 1. The van der Waals surface area contributed by atoms with E-state index in [4.69, 9.17) is 21.7 Å². The number of rotatable bonds is 7. The van der Waals surface area contributed by atoms with Crippen LogP contribution in [0.25, 0.3) is 0 Å². The number of ether oxygens (including phenoxy) is 2. The third-order valence-corrected chi connectivity index (χ3v) is 6.07. The summed E-state index contributed by atoms with van der Waals surface area (Å²) in [6, 6.07) is 11.5. The van der Waals surface area contributed by atoms with Gasteiger partial charge in [-0.05, 0) is 87.5 Å². The third-order valence-electron chi connectivity index (χ3n) is 5.82. The lowest BCUT2D eigenvalue weighted by Crippen LogP contribution is -2.38. The highest BCUT2D eigenvalue weighted by molar-refractivity contribution is 7.80. The summed E-state index contributed by atoms with van der Waals surface area (Å²) in [5.41, 5.74) is 1.47. The molecule has 0 saturated carbocycles. The van der Waals surface area contributed by atoms with Crippen LogP contribution in [0.5, 0.6) is 11.5 Å². The minimum absolute atomic E-state index is 0.0256. The first-order chi connectivity index (χ1) is 15.6. The summed E-state index contributed by atoms with van der Waals surface area (Å²) in [4.78, 5) is 15.0. The van der Waals surface area contributed by atoms with Crippen LogP contribution in [-0.2, 0) is 0 Å². The van der Waals surface area contributed by atoms with Crippen LogP contribution in [0.15, 0.2) is 42.5 Å². The molecule has 0 amide bonds. The van der Waals surface area contributed by atoms with E-state index in [1.165, 1.54) is 12.1 Å². The number of fused-ring (bicyclic) bond motifs is 1. The molecule has 1 saturated heterocycles. The summed E-state index contributed by atoms with van der Waals surface area (Å²) in [6.07, 6.45) is 2.64. The van der Waals surface area contributed by atoms with Crippen molar-refractivity contribution in [2.24, 2.45) is 5.92 Å². The monoisotopic (exact) mass is 457 g/mol. The summed E-state index contributed by atoms with van der Waals surface area (Å²) in [5.74, 6) is 1.32. The minimum atomic E-state index is -0.314. The molecule has 2 aromatic rings. The molecule has 4 rings (SSSR count). The topological polar surface area (TPSA) is 62.8 Å². The molecule has 0 unspecified atom stereocenters. The van der Waals surface area contributed by atoms with Gasteiger partial charge in [0, 0.05) is 29.8 Å². The molecule has 0 spiro atoms. The Morgan fingerprint density at radius 1 is 1.06 bits per heavy atom. The predicted molar refractivity (Wildman–Crippen MR) is 126 cm³/mol. The van der Waals surface area contributed by atoms with Crippen molar-refractivity contribution in [1.29, 1.82) is 0 Å². The fourth-order valence-corrected chi connectivity index (χ4v) is 4.29. The summed E-state index contributed by atoms with van der Waals surface area (Å²) < 4.78 is 24.2. The first-order valence-electron chi connectivity index (χ1n) is 11.0. The number of halogens is 1. The summed E-state index contributed by atoms with van der Waals surface area (Å²) in [5, 5.41) is 6.99. The van der Waals surface area contributed by atoms with E-state index in [-0.39, 0.29) is 17.5 Å². The Morgan fingerprint density at radius 3 is 2.53 bits per heavy atom. The number of thiocarbonyl (C=S) groups is 1. The van der Waals surface area contributed by atoms with E-state index in [9.17, 15) is 9.18 Å². The quantitative estimate of drug-likeness (QED) is 0.372. The van der Waals surface area contributed by atoms with Gasteiger partial charge in [-0.2, -0.15) is 0 Å². The van der Waals surface area contributed by atoms with Gasteiger partial charge in [0.1, 0.15) is 19.0 Å². The first kappa shape index (κ1) is 22.5. The lowest BCUT2D eigenvalue weighted by Gasteiger charge is -2.31. The van der Waals surface area contributed by atoms with E-state index in [2.05, 4.69) is 15.5 Å². The van der Waals surface area contributed by atoms with Gasteiger partial charge in [-0.25, -0.2) is 4.39 Å². The van der Waals surface area contributed by atoms with Crippen molar-refractivity contribution < 1.29 is 18.7 Å². The van der Waals surface area contributed by atoms with Crippen molar-refractivity contribution in [3.8, 4) is 11.5 Å². The molecule has 2 aliphatic rings. The molecule has 2 aromatic carbocycles. The number of anilines is 1. The molecule has 2 N–H and O–H groups in total. The summed E-state index contributed by atoms with van der Waals surface area (Å²) in [6.45, 7) is 4.65. The average molecular weight is 458 g/mol. The maximum atomic E-state index is 13.1. The van der Waals surface area contributed by atoms with Crippen LogP contribution >= 0.6 is 12.2 Å². The minimum Gasteiger partial charge on any atom is -0.486 e. The molecule has 170 valence electrons. The van der Waals surface area contributed by atoms with Gasteiger partial charge in [0.15, 0.2) is 22.4 Å². The second-order valence-corrected chi connectivity index (χ2v) is 8.49. The molecule has 2 heterocycles. The van der Waals surface area contributed by atoms with Crippen LogP contribution in [0.2, 0.25) is 0 Å². The van der Waals surface area contributed by atoms with E-state index >= 15 is 0 Å². The van der Waals surface area contributed by atoms with Gasteiger partial charge in [0.25, 0.3) is 0 Å². The van der Waals surface area contributed by atoms with E-state index in [1.807, 2.05) is 18.2 Å². The van der Waals surface area contributed by atoms with Gasteiger partial charge in [0.2, 0.25) is 0 Å². The van der Waals surface area contributed by atoms with Crippen LogP contribution in [0, 0.1) is 11.7 Å². The number of nitrogens with one attached hydrogen (secondary N) is 2. The second kappa shape index (κ2) is 10.7. The number of likely N-dealkylation sites (tertiary alicyclic amines) is 1. The van der Waals surface area contributed by atoms with Crippen LogP contribution < -0.4 is 20.1 Å². The molecule has 0 bridgehead atoms. The van der Waals surface area contributed by atoms with Gasteiger partial charge >= 0.3 is 0 Å². The molecule has 2 aliphatic heterocycles. The number of carbonyl (C=O) groups is 1. The average Bonchev–Trinajstić information content (AvgIpc) is 2.82. The van der Waals surface area contributed by atoms with Crippen LogP contribution in [0.1, 0.15) is 29.6 Å². The van der Waals surface area contributed by atoms with Crippen molar-refractivity contribution in [2.45, 2.75) is 19.3 Å². The van der Waals surface area contributed by atoms with Gasteiger partial charge in [-0.1, -0.05) is 0 Å². The molecule has 0 atom stereocenters. The zero-order valence-electron chi connectivity index (χ0n) is 17.9. The second-order valence-electron chi connectivity index (χ2n) is 8.08. The van der Waals surface area contributed by atoms with Crippen molar-refractivity contribution in [2.75, 3.05) is 44.7 Å². The lowest BCUT2D eigenvalue weighted by atomic mass is 9.89. The predicted octanol–water partition coefficient (Wildman–Crippen LogP) is 3.87. The zero-order valence-corrected chi connectivity index (χ0v) is 18.8. The number of benzene rings is 2. The van der Waals surface area contributed by atoms with Crippen LogP contribution in [-0.4, -0.2) is 55.2 Å². The molecule has 32 heavy (non-hydrogen) atoms. The Labute approximate surface area is 193 Å². The van der Waals surface area contributed by atoms with E-state index in [0.29, 0.717) is 23.9 Å². The first-order valence-corrected chi connectivity index (χ1v) is 11.5. The Bertz CT molecular complexity index is 946. The highest BCUT2D eigenvalue weighted by atomic mass is 32.1. The number of ketones is 1. The maximum absolute atomic E-state index is 13.1. The number of hydrogen-bond donors (Lipinski definition) is 2. The fourth-order valence-electron chi connectivity index (χ4n) is 4.07. The molecule has 0 radical (unpaired) electrons. The van der Waals surface area contributed by atoms with E-state index in [0.717, 1.165) is 62.6 Å². The van der Waals surface area contributed by atoms with Gasteiger partial charge in [-0.15, -0.1) is 0 Å². The molecule has 8 heteroatoms. The van der Waals surface area contributed by atoms with Crippen LogP contribution in [0.4, 0.5) is 10.1 Å². The van der Waals surface area contributed by atoms with Crippen LogP contribution in [0.3, 0.4) is 0 Å². The Hall–Kier alpha value is -2.71. The number of Topliss-reactive ketones (excluding diaryl/α,β-unsaturated/α-hetero) is 1. The molecule has 1 fully saturated rings. The van der Waals surface area contributed by atoms with Gasteiger partial charge in [0.05, 0.1) is 0 Å². The van der Waals surface area contributed by atoms with Gasteiger partial charge < -0.3 is 25.0 Å². The lowest BCUT2D eigenvalue weighted by molar-refractivity contribution is 0.0839. The van der Waals surface area contributed by atoms with Crippen molar-refractivity contribution >= 4 is 28.8 Å². The highest BCUT2D eigenvalue weighted by Gasteiger charge is 2.25. The SMILES string of the molecule is O=C(c1ccc(F)cc1)C1CCN(CCCNC(=S)Nc2ccc3c(c2)OCCO3)CC1. The van der Waals surface area contributed by atoms with Crippen molar-refractivity contribution in [3.05, 3.63) is 53.8 Å². The molecular formula is C24H28FN3O3S. The van der Waals surface area contributed by atoms with E-state index < -0.39 is 0 Å². The van der Waals surface area contributed by atoms with E-state index in [1.54, 1.807) is 12.1 Å². The number of nitrogens with zero attached hydrogens (tertiary/aromatic N) is 1. The third kappa shape index (κ3) is 5.95. The maximum Gasteiger partial charge on any atom is 0.170 e. The molecular weight excluding hydrogens is 429 g/mol.